The molecular formula is C25H34N4O3S. The molecule has 4 rings (SSSR count). The van der Waals surface area contributed by atoms with Crippen LogP contribution in [-0.2, 0) is 14.8 Å². The maximum absolute atomic E-state index is 13.2. The monoisotopic (exact) mass is 470 g/mol. The number of hydrogen-bond donors (Lipinski definition) is 0. The van der Waals surface area contributed by atoms with Crippen LogP contribution in [0, 0.1) is 6.92 Å². The summed E-state index contributed by atoms with van der Waals surface area (Å²) in [5.41, 5.74) is 2.23. The summed E-state index contributed by atoms with van der Waals surface area (Å²) in [4.78, 5) is 20.0. The third-order valence-corrected chi connectivity index (χ3v) is 8.68. The zero-order chi connectivity index (χ0) is 23.4. The standard InChI is InChI=1S/C25H34N4O3S/c1-21-9-11-24(12-10-21)33(31,32)29-14-6-13-26(19-20-29)22(2)25(30)28-17-15-27(16-18-28)23-7-4-3-5-8-23/h3-5,7-12,22H,6,13-20H2,1-2H3. The van der Waals surface area contributed by atoms with E-state index in [0.29, 0.717) is 44.0 Å². The highest BCUT2D eigenvalue weighted by atomic mass is 32.2. The summed E-state index contributed by atoms with van der Waals surface area (Å²) in [6.45, 7) is 9.11. The van der Waals surface area contributed by atoms with Crippen molar-refractivity contribution >= 4 is 21.6 Å². The van der Waals surface area contributed by atoms with E-state index in [0.717, 1.165) is 25.2 Å². The van der Waals surface area contributed by atoms with Crippen molar-refractivity contribution in [2.75, 3.05) is 57.3 Å². The van der Waals surface area contributed by atoms with Gasteiger partial charge in [0.2, 0.25) is 15.9 Å². The van der Waals surface area contributed by atoms with Crippen LogP contribution in [0.25, 0.3) is 0 Å². The molecule has 8 heteroatoms. The quantitative estimate of drug-likeness (QED) is 0.672. The number of aryl methyl sites for hydroxylation is 1. The normalized spacial score (nSPS) is 19.8. The van der Waals surface area contributed by atoms with Crippen molar-refractivity contribution in [1.82, 2.24) is 14.1 Å². The summed E-state index contributed by atoms with van der Waals surface area (Å²) in [7, 11) is -3.52. The van der Waals surface area contributed by atoms with Gasteiger partial charge in [-0.05, 0) is 44.5 Å². The van der Waals surface area contributed by atoms with Crippen molar-refractivity contribution in [3.63, 3.8) is 0 Å². The summed E-state index contributed by atoms with van der Waals surface area (Å²) in [6.07, 6.45) is 0.713. The summed E-state index contributed by atoms with van der Waals surface area (Å²) in [6, 6.07) is 17.1. The maximum Gasteiger partial charge on any atom is 0.243 e. The van der Waals surface area contributed by atoms with Crippen LogP contribution in [0.5, 0.6) is 0 Å². The Hall–Kier alpha value is -2.42. The molecule has 2 heterocycles. The second-order valence-corrected chi connectivity index (χ2v) is 10.9. The Kier molecular flexibility index (Phi) is 7.36. The molecular weight excluding hydrogens is 436 g/mol. The first-order valence-corrected chi connectivity index (χ1v) is 13.2. The molecule has 0 radical (unpaired) electrons. The molecule has 1 amide bonds. The average molecular weight is 471 g/mol. The van der Waals surface area contributed by atoms with Crippen molar-refractivity contribution in [1.29, 1.82) is 0 Å². The van der Waals surface area contributed by atoms with Gasteiger partial charge in [-0.25, -0.2) is 8.42 Å². The number of nitrogens with zero attached hydrogens (tertiary/aromatic N) is 4. The van der Waals surface area contributed by atoms with Gasteiger partial charge in [-0.15, -0.1) is 0 Å². The number of hydrogen-bond acceptors (Lipinski definition) is 5. The number of benzene rings is 2. The molecule has 1 atom stereocenters. The van der Waals surface area contributed by atoms with E-state index in [-0.39, 0.29) is 11.9 Å². The molecule has 2 aromatic carbocycles. The Morgan fingerprint density at radius 2 is 1.48 bits per heavy atom. The van der Waals surface area contributed by atoms with Crippen LogP contribution in [0.2, 0.25) is 0 Å². The average Bonchev–Trinajstić information content (AvgIpc) is 3.11. The molecule has 1 unspecified atom stereocenters. The maximum atomic E-state index is 13.2. The van der Waals surface area contributed by atoms with Crippen molar-refractivity contribution in [2.45, 2.75) is 31.2 Å². The molecule has 0 spiro atoms. The fourth-order valence-corrected chi connectivity index (χ4v) is 6.11. The zero-order valence-corrected chi connectivity index (χ0v) is 20.4. The minimum atomic E-state index is -3.52. The third-order valence-electron chi connectivity index (χ3n) is 6.77. The highest BCUT2D eigenvalue weighted by Gasteiger charge is 2.32. The lowest BCUT2D eigenvalue weighted by Gasteiger charge is -2.39. The Bertz CT molecular complexity index is 1040. The predicted octanol–water partition coefficient (Wildman–Crippen LogP) is 2.43. The third kappa shape index (κ3) is 5.39. The largest absolute Gasteiger partial charge is 0.368 e. The molecule has 0 N–H and O–H groups in total. The minimum absolute atomic E-state index is 0.137. The number of amides is 1. The van der Waals surface area contributed by atoms with Crippen LogP contribution in [0.4, 0.5) is 5.69 Å². The first-order chi connectivity index (χ1) is 15.9. The summed E-state index contributed by atoms with van der Waals surface area (Å²) < 4.78 is 27.7. The summed E-state index contributed by atoms with van der Waals surface area (Å²) in [5, 5.41) is 0. The Morgan fingerprint density at radius 3 is 2.15 bits per heavy atom. The van der Waals surface area contributed by atoms with E-state index >= 15 is 0 Å². The molecule has 2 fully saturated rings. The lowest BCUT2D eigenvalue weighted by molar-refractivity contribution is -0.136. The fraction of sp³-hybridized carbons (Fsp3) is 0.480. The van der Waals surface area contributed by atoms with E-state index in [4.69, 9.17) is 0 Å². The zero-order valence-electron chi connectivity index (χ0n) is 19.6. The first-order valence-electron chi connectivity index (χ1n) is 11.8. The number of para-hydroxylation sites is 1. The van der Waals surface area contributed by atoms with Gasteiger partial charge in [0.1, 0.15) is 0 Å². The molecule has 7 nitrogen and oxygen atoms in total. The van der Waals surface area contributed by atoms with E-state index in [2.05, 4.69) is 21.9 Å². The van der Waals surface area contributed by atoms with Crippen LogP contribution in [0.15, 0.2) is 59.5 Å². The molecule has 178 valence electrons. The predicted molar refractivity (Wildman–Crippen MR) is 131 cm³/mol. The number of rotatable bonds is 5. The lowest BCUT2D eigenvalue weighted by Crippen LogP contribution is -2.54. The lowest BCUT2D eigenvalue weighted by atomic mass is 10.2. The smallest absolute Gasteiger partial charge is 0.243 e. The number of sulfonamides is 1. The van der Waals surface area contributed by atoms with E-state index in [1.165, 1.54) is 5.69 Å². The minimum Gasteiger partial charge on any atom is -0.368 e. The van der Waals surface area contributed by atoms with Crippen molar-refractivity contribution < 1.29 is 13.2 Å². The van der Waals surface area contributed by atoms with E-state index in [1.807, 2.05) is 49.1 Å². The van der Waals surface area contributed by atoms with E-state index in [9.17, 15) is 13.2 Å². The van der Waals surface area contributed by atoms with Crippen LogP contribution >= 0.6 is 0 Å². The van der Waals surface area contributed by atoms with Gasteiger partial charge in [0.05, 0.1) is 10.9 Å². The number of piperazine rings is 1. The van der Waals surface area contributed by atoms with E-state index in [1.54, 1.807) is 16.4 Å². The molecule has 2 saturated heterocycles. The van der Waals surface area contributed by atoms with Crippen molar-refractivity contribution in [3.8, 4) is 0 Å². The summed E-state index contributed by atoms with van der Waals surface area (Å²) >= 11 is 0. The van der Waals surface area contributed by atoms with Gasteiger partial charge < -0.3 is 9.80 Å². The second kappa shape index (κ2) is 10.2. The van der Waals surface area contributed by atoms with Gasteiger partial charge in [-0.3, -0.25) is 9.69 Å². The van der Waals surface area contributed by atoms with Gasteiger partial charge >= 0.3 is 0 Å². The van der Waals surface area contributed by atoms with Gasteiger partial charge in [-0.1, -0.05) is 35.9 Å². The Balaban J connectivity index is 1.33. The topological polar surface area (TPSA) is 64.2 Å². The summed E-state index contributed by atoms with van der Waals surface area (Å²) in [5.74, 6) is 0.137. The van der Waals surface area contributed by atoms with E-state index < -0.39 is 10.0 Å². The molecule has 2 aliphatic heterocycles. The molecule has 0 saturated carbocycles. The van der Waals surface area contributed by atoms with Crippen LogP contribution in [-0.4, -0.2) is 86.8 Å². The van der Waals surface area contributed by atoms with Gasteiger partial charge in [-0.2, -0.15) is 4.31 Å². The second-order valence-electron chi connectivity index (χ2n) is 8.93. The number of carbonyl (C=O) groups excluding carboxylic acids is 1. The molecule has 0 bridgehead atoms. The SMILES string of the molecule is Cc1ccc(S(=O)(=O)N2CCCN(C(C)C(=O)N3CCN(c4ccccc4)CC3)CC2)cc1. The van der Waals surface area contributed by atoms with Gasteiger partial charge in [0.15, 0.2) is 0 Å². The molecule has 0 aliphatic carbocycles. The highest BCUT2D eigenvalue weighted by molar-refractivity contribution is 7.89. The van der Waals surface area contributed by atoms with Crippen LogP contribution < -0.4 is 4.90 Å². The molecule has 2 aliphatic rings. The Morgan fingerprint density at radius 1 is 0.818 bits per heavy atom. The molecule has 33 heavy (non-hydrogen) atoms. The highest BCUT2D eigenvalue weighted by Crippen LogP contribution is 2.20. The Labute approximate surface area is 197 Å². The number of carbonyl (C=O) groups is 1. The van der Waals surface area contributed by atoms with Crippen molar-refractivity contribution in [3.05, 3.63) is 60.2 Å². The van der Waals surface area contributed by atoms with Gasteiger partial charge in [0.25, 0.3) is 0 Å². The van der Waals surface area contributed by atoms with Crippen LogP contribution in [0.3, 0.4) is 0 Å². The fourth-order valence-electron chi connectivity index (χ4n) is 4.64. The van der Waals surface area contributed by atoms with Gasteiger partial charge in [0, 0.05) is 58.0 Å². The van der Waals surface area contributed by atoms with Crippen molar-refractivity contribution in [2.24, 2.45) is 0 Å². The molecule has 0 aromatic heterocycles. The number of anilines is 1. The first kappa shape index (κ1) is 23.7. The molecule has 2 aromatic rings. The van der Waals surface area contributed by atoms with Crippen LogP contribution in [0.1, 0.15) is 18.9 Å².